The van der Waals surface area contributed by atoms with Crippen molar-refractivity contribution in [1.82, 2.24) is 14.9 Å². The smallest absolute Gasteiger partial charge is 0.304 e. The molecule has 0 aliphatic rings. The summed E-state index contributed by atoms with van der Waals surface area (Å²) < 4.78 is 38.4. The summed E-state index contributed by atoms with van der Waals surface area (Å²) in [5, 5.41) is 2.46. The molecule has 20 heavy (non-hydrogen) atoms. The first kappa shape index (κ1) is 14.6. The van der Waals surface area contributed by atoms with Gasteiger partial charge in [-0.1, -0.05) is 12.1 Å². The second-order valence-electron chi connectivity index (χ2n) is 4.65. The molecule has 0 saturated heterocycles. The Kier molecular flexibility index (Phi) is 4.13. The number of benzene rings is 1. The Bertz CT molecular complexity index is 558. The molecule has 0 saturated carbocycles. The molecule has 2 aromatic rings. The molecule has 1 atom stereocenters. The Labute approximate surface area is 115 Å². The molecule has 1 aromatic carbocycles. The van der Waals surface area contributed by atoms with Crippen LogP contribution >= 0.6 is 0 Å². The van der Waals surface area contributed by atoms with Gasteiger partial charge < -0.3 is 9.88 Å². The predicted molar refractivity (Wildman–Crippen MR) is 70.8 cm³/mol. The van der Waals surface area contributed by atoms with E-state index in [2.05, 4.69) is 10.3 Å². The van der Waals surface area contributed by atoms with E-state index in [9.17, 15) is 13.2 Å². The van der Waals surface area contributed by atoms with Crippen molar-refractivity contribution in [3.63, 3.8) is 0 Å². The summed E-state index contributed by atoms with van der Waals surface area (Å²) in [7, 11) is 0. The lowest BCUT2D eigenvalue weighted by Gasteiger charge is -2.16. The van der Waals surface area contributed by atoms with Crippen molar-refractivity contribution >= 4 is 0 Å². The zero-order chi connectivity index (χ0) is 14.8. The second-order valence-corrected chi connectivity index (χ2v) is 4.65. The zero-order valence-corrected chi connectivity index (χ0v) is 11.3. The molecule has 1 aromatic heterocycles. The van der Waals surface area contributed by atoms with E-state index < -0.39 is 12.7 Å². The third-order valence-corrected chi connectivity index (χ3v) is 3.11. The lowest BCUT2D eigenvalue weighted by atomic mass is 10.1. The van der Waals surface area contributed by atoms with Crippen LogP contribution < -0.4 is 5.32 Å². The summed E-state index contributed by atoms with van der Waals surface area (Å²) in [5.74, 6) is 0.862. The van der Waals surface area contributed by atoms with E-state index in [1.54, 1.807) is 13.1 Å². The molecule has 0 aliphatic heterocycles. The minimum Gasteiger partial charge on any atom is -0.304 e. The first-order chi connectivity index (χ1) is 9.37. The zero-order valence-electron chi connectivity index (χ0n) is 11.3. The van der Waals surface area contributed by atoms with E-state index in [1.807, 2.05) is 42.0 Å². The third kappa shape index (κ3) is 3.60. The molecule has 0 radical (unpaired) electrons. The third-order valence-electron chi connectivity index (χ3n) is 3.11. The van der Waals surface area contributed by atoms with E-state index >= 15 is 0 Å². The van der Waals surface area contributed by atoms with Gasteiger partial charge in [-0.05, 0) is 31.5 Å². The Morgan fingerprint density at radius 2 is 1.90 bits per heavy atom. The molecule has 1 N–H and O–H groups in total. The highest BCUT2D eigenvalue weighted by Crippen LogP contribution is 2.19. The minimum atomic E-state index is -4.19. The average molecular weight is 283 g/mol. The molecule has 0 bridgehead atoms. The van der Waals surface area contributed by atoms with Crippen LogP contribution in [0, 0.1) is 6.92 Å². The van der Waals surface area contributed by atoms with E-state index in [0.29, 0.717) is 0 Å². The fourth-order valence-electron chi connectivity index (χ4n) is 1.96. The number of alkyl halides is 3. The van der Waals surface area contributed by atoms with Crippen LogP contribution in [0.5, 0.6) is 0 Å². The van der Waals surface area contributed by atoms with Crippen molar-refractivity contribution < 1.29 is 13.2 Å². The Morgan fingerprint density at radius 1 is 1.25 bits per heavy atom. The maximum absolute atomic E-state index is 12.2. The standard InChI is InChI=1S/C14H16F3N3/c1-10(19-9-14(15,16)17)12-3-5-13(6-4-12)20-8-7-18-11(20)2/h3-8,10,19H,9H2,1-2H3. The van der Waals surface area contributed by atoms with Crippen molar-refractivity contribution in [2.75, 3.05) is 6.54 Å². The van der Waals surface area contributed by atoms with E-state index in [-0.39, 0.29) is 6.04 Å². The number of aromatic nitrogens is 2. The fourth-order valence-corrected chi connectivity index (χ4v) is 1.96. The van der Waals surface area contributed by atoms with E-state index in [1.165, 1.54) is 0 Å². The summed E-state index contributed by atoms with van der Waals surface area (Å²) in [4.78, 5) is 4.13. The Balaban J connectivity index is 2.07. The maximum Gasteiger partial charge on any atom is 0.401 e. The minimum absolute atomic E-state index is 0.352. The van der Waals surface area contributed by atoms with Crippen molar-refractivity contribution in [2.45, 2.75) is 26.1 Å². The second kappa shape index (κ2) is 5.66. The molecule has 3 nitrogen and oxygen atoms in total. The number of nitrogens with one attached hydrogen (secondary N) is 1. The topological polar surface area (TPSA) is 29.9 Å². The maximum atomic E-state index is 12.2. The van der Waals surface area contributed by atoms with Crippen molar-refractivity contribution in [3.8, 4) is 5.69 Å². The highest BCUT2D eigenvalue weighted by Gasteiger charge is 2.27. The molecule has 0 aliphatic carbocycles. The molecule has 0 spiro atoms. The molecule has 1 heterocycles. The van der Waals surface area contributed by atoms with Crippen molar-refractivity contribution in [1.29, 1.82) is 0 Å². The van der Waals surface area contributed by atoms with Gasteiger partial charge in [0.2, 0.25) is 0 Å². The Hall–Kier alpha value is -1.82. The van der Waals surface area contributed by atoms with Gasteiger partial charge in [-0.25, -0.2) is 4.98 Å². The first-order valence-corrected chi connectivity index (χ1v) is 6.27. The van der Waals surface area contributed by atoms with E-state index in [4.69, 9.17) is 0 Å². The fraction of sp³-hybridized carbons (Fsp3) is 0.357. The summed E-state index contributed by atoms with van der Waals surface area (Å²) in [6.45, 7) is 2.61. The molecule has 0 amide bonds. The van der Waals surface area contributed by atoms with Gasteiger partial charge in [0.25, 0.3) is 0 Å². The monoisotopic (exact) mass is 283 g/mol. The van der Waals surface area contributed by atoms with Crippen LogP contribution in [-0.2, 0) is 0 Å². The number of rotatable bonds is 4. The molecule has 2 rings (SSSR count). The molecule has 108 valence electrons. The van der Waals surface area contributed by atoms with Crippen molar-refractivity contribution in [2.24, 2.45) is 0 Å². The normalized spacial score (nSPS) is 13.4. The molecule has 0 fully saturated rings. The van der Waals surface area contributed by atoms with Gasteiger partial charge in [0.05, 0.1) is 6.54 Å². The highest BCUT2D eigenvalue weighted by atomic mass is 19.4. The van der Waals surface area contributed by atoms with Crippen LogP contribution in [0.1, 0.15) is 24.4 Å². The van der Waals surface area contributed by atoms with Gasteiger partial charge in [0.15, 0.2) is 0 Å². The summed E-state index contributed by atoms with van der Waals surface area (Å²) in [6, 6.07) is 7.03. The highest BCUT2D eigenvalue weighted by molar-refractivity contribution is 5.36. The quantitative estimate of drug-likeness (QED) is 0.932. The van der Waals surface area contributed by atoms with Gasteiger partial charge >= 0.3 is 6.18 Å². The lowest BCUT2D eigenvalue weighted by molar-refractivity contribution is -0.126. The number of imidazole rings is 1. The summed E-state index contributed by atoms with van der Waals surface area (Å²) in [5.41, 5.74) is 1.75. The van der Waals surface area contributed by atoms with Crippen LogP contribution in [0.3, 0.4) is 0 Å². The largest absolute Gasteiger partial charge is 0.401 e. The van der Waals surface area contributed by atoms with Crippen LogP contribution in [0.2, 0.25) is 0 Å². The molecule has 6 heteroatoms. The number of hydrogen-bond donors (Lipinski definition) is 1. The van der Waals surface area contributed by atoms with Crippen LogP contribution in [0.4, 0.5) is 13.2 Å². The van der Waals surface area contributed by atoms with Gasteiger partial charge in [0, 0.05) is 24.1 Å². The lowest BCUT2D eigenvalue weighted by Crippen LogP contribution is -2.30. The van der Waals surface area contributed by atoms with Gasteiger partial charge in [-0.15, -0.1) is 0 Å². The number of aryl methyl sites for hydroxylation is 1. The number of halogens is 3. The molecular formula is C14H16F3N3. The van der Waals surface area contributed by atoms with Gasteiger partial charge in [-0.2, -0.15) is 13.2 Å². The summed E-state index contributed by atoms with van der Waals surface area (Å²) in [6.07, 6.45) is -0.644. The SMILES string of the molecule is Cc1nccn1-c1ccc(C(C)NCC(F)(F)F)cc1. The van der Waals surface area contributed by atoms with Gasteiger partial charge in [-0.3, -0.25) is 0 Å². The Morgan fingerprint density at radius 3 is 2.40 bits per heavy atom. The van der Waals surface area contributed by atoms with Crippen LogP contribution in [0.15, 0.2) is 36.7 Å². The van der Waals surface area contributed by atoms with Gasteiger partial charge in [0.1, 0.15) is 5.82 Å². The number of nitrogens with zero attached hydrogens (tertiary/aromatic N) is 2. The van der Waals surface area contributed by atoms with E-state index in [0.717, 1.165) is 17.1 Å². The average Bonchev–Trinajstić information content (AvgIpc) is 2.81. The van der Waals surface area contributed by atoms with Crippen molar-refractivity contribution in [3.05, 3.63) is 48.0 Å². The molecule has 1 unspecified atom stereocenters. The van der Waals surface area contributed by atoms with Crippen LogP contribution in [-0.4, -0.2) is 22.3 Å². The molecular weight excluding hydrogens is 267 g/mol. The first-order valence-electron chi connectivity index (χ1n) is 6.27. The summed E-state index contributed by atoms with van der Waals surface area (Å²) >= 11 is 0. The predicted octanol–water partition coefficient (Wildman–Crippen LogP) is 3.39. The number of hydrogen-bond acceptors (Lipinski definition) is 2. The van der Waals surface area contributed by atoms with Crippen LogP contribution in [0.25, 0.3) is 5.69 Å².